The Morgan fingerprint density at radius 1 is 1.00 bits per heavy atom. The van der Waals surface area contributed by atoms with E-state index in [9.17, 15) is 14.4 Å². The molecule has 2 aromatic carbocycles. The van der Waals surface area contributed by atoms with Crippen LogP contribution < -0.4 is 10.1 Å². The number of anilines is 1. The molecule has 146 valence electrons. The Morgan fingerprint density at radius 2 is 1.68 bits per heavy atom. The zero-order valence-corrected chi connectivity index (χ0v) is 16.2. The van der Waals surface area contributed by atoms with Crippen molar-refractivity contribution in [2.45, 2.75) is 32.6 Å². The van der Waals surface area contributed by atoms with E-state index in [0.717, 1.165) is 12.0 Å². The Morgan fingerprint density at radius 3 is 2.32 bits per heavy atom. The van der Waals surface area contributed by atoms with Gasteiger partial charge in [0.1, 0.15) is 5.75 Å². The van der Waals surface area contributed by atoms with E-state index < -0.39 is 0 Å². The standard InChI is InChI=1S/C22H24N2O4/c1-15-11-12-19(28-2)18(14-15)23-20(25)10-4-3-7-13-24-21(26)16-8-5-6-9-17(16)22(24)27/h5-6,8-9,11-12,14H,3-4,7,10,13H2,1-2H3,(H,23,25). The molecule has 0 radical (unpaired) electrons. The third-order valence-electron chi connectivity index (χ3n) is 4.79. The van der Waals surface area contributed by atoms with Crippen molar-refractivity contribution in [2.24, 2.45) is 0 Å². The molecule has 1 aliphatic rings. The number of amides is 3. The van der Waals surface area contributed by atoms with Gasteiger partial charge in [0.25, 0.3) is 11.8 Å². The van der Waals surface area contributed by atoms with Crippen LogP contribution in [0, 0.1) is 6.92 Å². The van der Waals surface area contributed by atoms with E-state index in [2.05, 4.69) is 5.32 Å². The molecule has 6 nitrogen and oxygen atoms in total. The summed E-state index contributed by atoms with van der Waals surface area (Å²) in [4.78, 5) is 38.1. The van der Waals surface area contributed by atoms with Gasteiger partial charge in [-0.15, -0.1) is 0 Å². The van der Waals surface area contributed by atoms with Crippen LogP contribution in [0.1, 0.15) is 52.0 Å². The molecule has 0 saturated heterocycles. The molecule has 0 atom stereocenters. The van der Waals surface area contributed by atoms with Crippen molar-refractivity contribution in [3.05, 3.63) is 59.2 Å². The summed E-state index contributed by atoms with van der Waals surface area (Å²) < 4.78 is 5.26. The third-order valence-corrected chi connectivity index (χ3v) is 4.79. The zero-order chi connectivity index (χ0) is 20.1. The zero-order valence-electron chi connectivity index (χ0n) is 16.2. The summed E-state index contributed by atoms with van der Waals surface area (Å²) in [6, 6.07) is 12.5. The number of ether oxygens (including phenoxy) is 1. The van der Waals surface area contributed by atoms with E-state index in [4.69, 9.17) is 4.74 Å². The number of hydrogen-bond acceptors (Lipinski definition) is 4. The van der Waals surface area contributed by atoms with Gasteiger partial charge in [0, 0.05) is 13.0 Å². The van der Waals surface area contributed by atoms with Gasteiger partial charge in [-0.2, -0.15) is 0 Å². The maximum Gasteiger partial charge on any atom is 0.261 e. The van der Waals surface area contributed by atoms with Crippen LogP contribution in [0.3, 0.4) is 0 Å². The smallest absolute Gasteiger partial charge is 0.261 e. The van der Waals surface area contributed by atoms with Crippen LogP contribution in [-0.2, 0) is 4.79 Å². The number of imide groups is 1. The lowest BCUT2D eigenvalue weighted by atomic mass is 10.1. The number of nitrogens with zero attached hydrogens (tertiary/aromatic N) is 1. The maximum atomic E-state index is 12.3. The topological polar surface area (TPSA) is 75.7 Å². The number of carbonyl (C=O) groups is 3. The molecule has 0 unspecified atom stereocenters. The normalized spacial score (nSPS) is 12.9. The van der Waals surface area contributed by atoms with Crippen molar-refractivity contribution < 1.29 is 19.1 Å². The Bertz CT molecular complexity index is 872. The first-order chi connectivity index (χ1) is 13.5. The third kappa shape index (κ3) is 4.22. The number of carbonyl (C=O) groups excluding carboxylic acids is 3. The van der Waals surface area contributed by atoms with Gasteiger partial charge in [0.05, 0.1) is 23.9 Å². The van der Waals surface area contributed by atoms with Crippen LogP contribution in [-0.4, -0.2) is 36.3 Å². The van der Waals surface area contributed by atoms with Gasteiger partial charge in [-0.1, -0.05) is 24.6 Å². The average molecular weight is 380 g/mol. The second-order valence-corrected chi connectivity index (χ2v) is 6.87. The molecule has 3 amide bonds. The van der Waals surface area contributed by atoms with E-state index in [1.54, 1.807) is 31.4 Å². The minimum absolute atomic E-state index is 0.0790. The predicted octanol–water partition coefficient (Wildman–Crippen LogP) is 3.80. The number of hydrogen-bond donors (Lipinski definition) is 1. The molecule has 28 heavy (non-hydrogen) atoms. The van der Waals surface area contributed by atoms with Gasteiger partial charge < -0.3 is 10.1 Å². The van der Waals surface area contributed by atoms with Crippen molar-refractivity contribution in [2.75, 3.05) is 19.0 Å². The van der Waals surface area contributed by atoms with E-state index in [-0.39, 0.29) is 17.7 Å². The molecule has 6 heteroatoms. The van der Waals surface area contributed by atoms with Crippen LogP contribution in [0.4, 0.5) is 5.69 Å². The number of methoxy groups -OCH3 is 1. The lowest BCUT2D eigenvalue weighted by molar-refractivity contribution is -0.116. The van der Waals surface area contributed by atoms with Crippen LogP contribution in [0.5, 0.6) is 5.75 Å². The van der Waals surface area contributed by atoms with Crippen molar-refractivity contribution in [3.63, 3.8) is 0 Å². The molecule has 1 heterocycles. The number of nitrogens with one attached hydrogen (secondary N) is 1. The van der Waals surface area contributed by atoms with E-state index in [1.165, 1.54) is 4.90 Å². The van der Waals surface area contributed by atoms with Crippen LogP contribution >= 0.6 is 0 Å². The fourth-order valence-electron chi connectivity index (χ4n) is 3.31. The van der Waals surface area contributed by atoms with E-state index in [1.807, 2.05) is 25.1 Å². The van der Waals surface area contributed by atoms with Crippen LogP contribution in [0.15, 0.2) is 42.5 Å². The van der Waals surface area contributed by atoms with Gasteiger partial charge in [-0.05, 0) is 49.6 Å². The van der Waals surface area contributed by atoms with Crippen molar-refractivity contribution in [3.8, 4) is 5.75 Å². The van der Waals surface area contributed by atoms with Crippen molar-refractivity contribution >= 4 is 23.4 Å². The van der Waals surface area contributed by atoms with Crippen molar-refractivity contribution in [1.29, 1.82) is 0 Å². The number of unbranched alkanes of at least 4 members (excludes halogenated alkanes) is 2. The summed E-state index contributed by atoms with van der Waals surface area (Å²) in [6.07, 6.45) is 2.49. The minimum atomic E-state index is -0.232. The van der Waals surface area contributed by atoms with Crippen LogP contribution in [0.2, 0.25) is 0 Å². The van der Waals surface area contributed by atoms with Crippen molar-refractivity contribution in [1.82, 2.24) is 4.90 Å². The highest BCUT2D eigenvalue weighted by Gasteiger charge is 2.34. The predicted molar refractivity (Wildman–Crippen MR) is 107 cm³/mol. The molecule has 0 spiro atoms. The first-order valence-corrected chi connectivity index (χ1v) is 9.41. The highest BCUT2D eigenvalue weighted by Crippen LogP contribution is 2.26. The Labute approximate surface area is 164 Å². The SMILES string of the molecule is COc1ccc(C)cc1NC(=O)CCCCCN1C(=O)c2ccccc2C1=O. The maximum absolute atomic E-state index is 12.3. The quantitative estimate of drug-likeness (QED) is 0.558. The minimum Gasteiger partial charge on any atom is -0.495 e. The number of benzene rings is 2. The number of rotatable bonds is 8. The van der Waals surface area contributed by atoms with Gasteiger partial charge >= 0.3 is 0 Å². The fourth-order valence-corrected chi connectivity index (χ4v) is 3.31. The lowest BCUT2D eigenvalue weighted by Gasteiger charge is -2.13. The molecular formula is C22H24N2O4. The molecule has 0 saturated carbocycles. The first kappa shape index (κ1) is 19.6. The second kappa shape index (κ2) is 8.69. The number of aryl methyl sites for hydroxylation is 1. The lowest BCUT2D eigenvalue weighted by Crippen LogP contribution is -2.30. The fraction of sp³-hybridized carbons (Fsp3) is 0.318. The monoisotopic (exact) mass is 380 g/mol. The van der Waals surface area contributed by atoms with E-state index in [0.29, 0.717) is 48.4 Å². The molecule has 1 N–H and O–H groups in total. The molecule has 0 fully saturated rings. The Balaban J connectivity index is 1.42. The summed E-state index contributed by atoms with van der Waals surface area (Å²) in [5, 5.41) is 2.88. The van der Waals surface area contributed by atoms with Gasteiger partial charge in [-0.3, -0.25) is 19.3 Å². The molecule has 1 aliphatic heterocycles. The van der Waals surface area contributed by atoms with Gasteiger partial charge in [0.15, 0.2) is 0 Å². The molecule has 0 aromatic heterocycles. The average Bonchev–Trinajstić information content (AvgIpc) is 2.93. The summed E-state index contributed by atoms with van der Waals surface area (Å²) in [5.74, 6) is 0.0870. The number of fused-ring (bicyclic) bond motifs is 1. The van der Waals surface area contributed by atoms with E-state index >= 15 is 0 Å². The molecule has 0 aliphatic carbocycles. The summed E-state index contributed by atoms with van der Waals surface area (Å²) in [5.41, 5.74) is 2.65. The summed E-state index contributed by atoms with van der Waals surface area (Å²) in [6.45, 7) is 2.33. The first-order valence-electron chi connectivity index (χ1n) is 9.41. The highest BCUT2D eigenvalue weighted by molar-refractivity contribution is 6.21. The largest absolute Gasteiger partial charge is 0.495 e. The second-order valence-electron chi connectivity index (χ2n) is 6.87. The summed E-state index contributed by atoms with van der Waals surface area (Å²) >= 11 is 0. The molecule has 2 aromatic rings. The van der Waals surface area contributed by atoms with Crippen LogP contribution in [0.25, 0.3) is 0 Å². The molecular weight excluding hydrogens is 356 g/mol. The highest BCUT2D eigenvalue weighted by atomic mass is 16.5. The molecule has 3 rings (SSSR count). The van der Waals surface area contributed by atoms with Gasteiger partial charge in [0.2, 0.25) is 5.91 Å². The summed E-state index contributed by atoms with van der Waals surface area (Å²) in [7, 11) is 1.57. The van der Waals surface area contributed by atoms with Gasteiger partial charge in [-0.25, -0.2) is 0 Å². The molecule has 0 bridgehead atoms. The Kier molecular flexibility index (Phi) is 6.09. The Hall–Kier alpha value is -3.15.